The number of halogens is 1. The summed E-state index contributed by atoms with van der Waals surface area (Å²) >= 11 is 5.51. The van der Waals surface area contributed by atoms with E-state index in [-0.39, 0.29) is 5.29 Å². The number of aliphatic imine (C=N–C) groups is 1. The van der Waals surface area contributed by atoms with Crippen LogP contribution in [0.4, 0.5) is 0 Å². The SMILES string of the molecule is C=C(/C=C(\CC)c1ccccc1)C(=C)/N=C(\N)Cl. The predicted molar refractivity (Wildman–Crippen MR) is 80.5 cm³/mol. The molecule has 0 aromatic heterocycles. The third kappa shape index (κ3) is 4.22. The molecule has 0 aliphatic heterocycles. The summed E-state index contributed by atoms with van der Waals surface area (Å²) in [4.78, 5) is 3.88. The van der Waals surface area contributed by atoms with Crippen LogP contribution in [0.15, 0.2) is 65.8 Å². The molecule has 2 N–H and O–H groups in total. The van der Waals surface area contributed by atoms with E-state index in [1.165, 1.54) is 5.57 Å². The molecule has 94 valence electrons. The minimum Gasteiger partial charge on any atom is -0.374 e. The summed E-state index contributed by atoms with van der Waals surface area (Å²) in [7, 11) is 0. The minimum atomic E-state index is -0.0349. The van der Waals surface area contributed by atoms with Gasteiger partial charge in [-0.2, -0.15) is 0 Å². The van der Waals surface area contributed by atoms with Crippen LogP contribution in [-0.4, -0.2) is 5.29 Å². The largest absolute Gasteiger partial charge is 0.374 e. The quantitative estimate of drug-likeness (QED) is 0.368. The summed E-state index contributed by atoms with van der Waals surface area (Å²) in [6.07, 6.45) is 2.86. The third-order valence-corrected chi connectivity index (χ3v) is 2.57. The van der Waals surface area contributed by atoms with Gasteiger partial charge >= 0.3 is 0 Å². The van der Waals surface area contributed by atoms with E-state index < -0.39 is 0 Å². The van der Waals surface area contributed by atoms with E-state index in [4.69, 9.17) is 17.3 Å². The first-order valence-electron chi connectivity index (χ1n) is 5.68. The molecule has 0 spiro atoms. The zero-order valence-corrected chi connectivity index (χ0v) is 11.2. The van der Waals surface area contributed by atoms with Crippen molar-refractivity contribution in [3.05, 3.63) is 66.4 Å². The van der Waals surface area contributed by atoms with Crippen LogP contribution in [0.25, 0.3) is 5.57 Å². The maximum atomic E-state index is 5.51. The van der Waals surface area contributed by atoms with Gasteiger partial charge in [0, 0.05) is 0 Å². The van der Waals surface area contributed by atoms with Gasteiger partial charge in [0.15, 0.2) is 5.29 Å². The highest BCUT2D eigenvalue weighted by molar-refractivity contribution is 6.64. The Morgan fingerprint density at radius 3 is 2.44 bits per heavy atom. The molecule has 0 aliphatic carbocycles. The van der Waals surface area contributed by atoms with Crippen molar-refractivity contribution in [2.24, 2.45) is 10.7 Å². The first-order valence-corrected chi connectivity index (χ1v) is 6.06. The van der Waals surface area contributed by atoms with Crippen molar-refractivity contribution in [1.82, 2.24) is 0 Å². The van der Waals surface area contributed by atoms with Crippen LogP contribution >= 0.6 is 11.6 Å². The first-order chi connectivity index (χ1) is 8.54. The molecule has 0 saturated heterocycles. The van der Waals surface area contributed by atoms with Crippen LogP contribution in [0.3, 0.4) is 0 Å². The number of hydrogen-bond donors (Lipinski definition) is 1. The van der Waals surface area contributed by atoms with E-state index in [9.17, 15) is 0 Å². The molecule has 18 heavy (non-hydrogen) atoms. The topological polar surface area (TPSA) is 38.4 Å². The summed E-state index contributed by atoms with van der Waals surface area (Å²) in [6, 6.07) is 10.1. The van der Waals surface area contributed by atoms with Crippen molar-refractivity contribution >= 4 is 22.5 Å². The summed E-state index contributed by atoms with van der Waals surface area (Å²) in [5, 5.41) is -0.0349. The number of benzene rings is 1. The molecule has 0 fully saturated rings. The number of rotatable bonds is 5. The molecule has 0 bridgehead atoms. The van der Waals surface area contributed by atoms with Crippen molar-refractivity contribution in [2.75, 3.05) is 0 Å². The molecule has 0 heterocycles. The van der Waals surface area contributed by atoms with Crippen LogP contribution in [-0.2, 0) is 0 Å². The van der Waals surface area contributed by atoms with E-state index in [0.717, 1.165) is 12.0 Å². The maximum absolute atomic E-state index is 5.51. The van der Waals surface area contributed by atoms with Crippen LogP contribution < -0.4 is 5.73 Å². The summed E-state index contributed by atoms with van der Waals surface area (Å²) in [5.74, 6) is 0. The van der Waals surface area contributed by atoms with Gasteiger partial charge in [0.2, 0.25) is 0 Å². The lowest BCUT2D eigenvalue weighted by Crippen LogP contribution is -2.02. The second kappa shape index (κ2) is 6.82. The molecular formula is C15H17ClN2. The smallest absolute Gasteiger partial charge is 0.193 e. The van der Waals surface area contributed by atoms with Gasteiger partial charge in [-0.05, 0) is 40.8 Å². The van der Waals surface area contributed by atoms with Gasteiger partial charge in [0.25, 0.3) is 0 Å². The molecule has 0 amide bonds. The Hall–Kier alpha value is -1.80. The Kier molecular flexibility index (Phi) is 5.40. The van der Waals surface area contributed by atoms with E-state index >= 15 is 0 Å². The average molecular weight is 261 g/mol. The fourth-order valence-electron chi connectivity index (χ4n) is 1.54. The third-order valence-electron chi connectivity index (χ3n) is 2.49. The van der Waals surface area contributed by atoms with Crippen molar-refractivity contribution < 1.29 is 0 Å². The Morgan fingerprint density at radius 1 is 1.33 bits per heavy atom. The van der Waals surface area contributed by atoms with Gasteiger partial charge in [-0.1, -0.05) is 50.4 Å². The number of nitrogens with two attached hydrogens (primary N) is 1. The van der Waals surface area contributed by atoms with E-state index in [1.807, 2.05) is 24.3 Å². The average Bonchev–Trinajstić information content (AvgIpc) is 2.35. The Labute approximate surface area is 113 Å². The lowest BCUT2D eigenvalue weighted by molar-refractivity contribution is 1.23. The highest BCUT2D eigenvalue weighted by Crippen LogP contribution is 2.21. The van der Waals surface area contributed by atoms with Crippen LogP contribution in [0.2, 0.25) is 0 Å². The molecule has 1 aromatic rings. The molecule has 1 rings (SSSR count). The monoisotopic (exact) mass is 260 g/mol. The zero-order chi connectivity index (χ0) is 13.5. The second-order valence-electron chi connectivity index (χ2n) is 3.80. The first kappa shape index (κ1) is 14.3. The van der Waals surface area contributed by atoms with Gasteiger partial charge in [0.05, 0.1) is 5.70 Å². The van der Waals surface area contributed by atoms with Crippen molar-refractivity contribution in [1.29, 1.82) is 0 Å². The Balaban J connectivity index is 2.96. The van der Waals surface area contributed by atoms with Gasteiger partial charge in [-0.25, -0.2) is 4.99 Å². The highest BCUT2D eigenvalue weighted by atomic mass is 35.5. The molecule has 2 nitrogen and oxygen atoms in total. The standard InChI is InChI=1S/C15H17ClN2/c1-4-13(14-8-6-5-7-9-14)10-11(2)12(3)18-15(16)17/h5-10H,2-4H2,1H3,(H2,17,18)/b13-10+. The summed E-state index contributed by atoms with van der Waals surface area (Å²) in [5.41, 5.74) is 8.82. The van der Waals surface area contributed by atoms with Crippen molar-refractivity contribution in [3.63, 3.8) is 0 Å². The minimum absolute atomic E-state index is 0.0349. The van der Waals surface area contributed by atoms with Crippen LogP contribution in [0.5, 0.6) is 0 Å². The highest BCUT2D eigenvalue weighted by Gasteiger charge is 2.01. The molecule has 1 aromatic carbocycles. The summed E-state index contributed by atoms with van der Waals surface area (Å²) < 4.78 is 0. The lowest BCUT2D eigenvalue weighted by Gasteiger charge is -2.06. The van der Waals surface area contributed by atoms with E-state index in [1.54, 1.807) is 0 Å². The molecule has 0 aliphatic rings. The van der Waals surface area contributed by atoms with E-state index in [0.29, 0.717) is 11.3 Å². The fourth-order valence-corrected chi connectivity index (χ4v) is 1.64. The lowest BCUT2D eigenvalue weighted by atomic mass is 10.0. The van der Waals surface area contributed by atoms with Gasteiger partial charge in [-0.15, -0.1) is 0 Å². The molecule has 0 atom stereocenters. The van der Waals surface area contributed by atoms with Crippen molar-refractivity contribution in [3.8, 4) is 0 Å². The molecule has 0 radical (unpaired) electrons. The number of allylic oxidation sites excluding steroid dienone is 2. The molecule has 0 saturated carbocycles. The van der Waals surface area contributed by atoms with E-state index in [2.05, 4.69) is 37.2 Å². The van der Waals surface area contributed by atoms with Gasteiger partial charge < -0.3 is 5.73 Å². The predicted octanol–water partition coefficient (Wildman–Crippen LogP) is 4.10. The second-order valence-corrected chi connectivity index (χ2v) is 4.18. The maximum Gasteiger partial charge on any atom is 0.193 e. The Morgan fingerprint density at radius 2 is 1.94 bits per heavy atom. The van der Waals surface area contributed by atoms with Gasteiger partial charge in [0.1, 0.15) is 0 Å². The molecule has 3 heteroatoms. The fraction of sp³-hybridized carbons (Fsp3) is 0.133. The van der Waals surface area contributed by atoms with Crippen molar-refractivity contribution in [2.45, 2.75) is 13.3 Å². The molecular weight excluding hydrogens is 244 g/mol. The number of hydrogen-bond acceptors (Lipinski definition) is 1. The molecule has 0 unspecified atom stereocenters. The van der Waals surface area contributed by atoms with Gasteiger partial charge in [-0.3, -0.25) is 0 Å². The van der Waals surface area contributed by atoms with Crippen LogP contribution in [0.1, 0.15) is 18.9 Å². The number of amidine groups is 1. The normalized spacial score (nSPS) is 12.3. The zero-order valence-electron chi connectivity index (χ0n) is 10.5. The summed E-state index contributed by atoms with van der Waals surface area (Å²) in [6.45, 7) is 9.79. The number of nitrogens with zero attached hydrogens (tertiary/aromatic N) is 1. The van der Waals surface area contributed by atoms with Crippen LogP contribution in [0, 0.1) is 0 Å². The Bertz CT molecular complexity index is 494.